The van der Waals surface area contributed by atoms with Crippen molar-refractivity contribution in [3.63, 3.8) is 0 Å². The maximum atomic E-state index is 3.18. The van der Waals surface area contributed by atoms with Gasteiger partial charge in [0.1, 0.15) is 0 Å². The predicted molar refractivity (Wildman–Crippen MR) is 55.5 cm³/mol. The second-order valence-electron chi connectivity index (χ2n) is 3.86. The van der Waals surface area contributed by atoms with Gasteiger partial charge in [0.05, 0.1) is 0 Å². The molecule has 0 saturated carbocycles. The van der Waals surface area contributed by atoms with E-state index in [9.17, 15) is 0 Å². The maximum Gasteiger partial charge on any atom is 0.0331 e. The summed E-state index contributed by atoms with van der Waals surface area (Å²) in [6.45, 7) is 4.73. The minimum absolute atomic E-state index is 1.000. The van der Waals surface area contributed by atoms with Crippen molar-refractivity contribution < 1.29 is 0 Å². The van der Waals surface area contributed by atoms with E-state index in [1.807, 2.05) is 0 Å². The highest BCUT2D eigenvalue weighted by Crippen LogP contribution is 2.11. The van der Waals surface area contributed by atoms with Gasteiger partial charge in [-0.25, -0.2) is 0 Å². The standard InChI is InChI=1S/C11H18N2/c1-2-8-13(9-3-1)10-11-4-6-12-7-5-11/h4-6,12H,1-3,7-10H2. The first-order valence-electron chi connectivity index (χ1n) is 5.26. The van der Waals surface area contributed by atoms with Gasteiger partial charge in [0.25, 0.3) is 0 Å². The molecule has 0 bridgehead atoms. The van der Waals surface area contributed by atoms with Gasteiger partial charge in [-0.05, 0) is 43.8 Å². The molecule has 2 aliphatic rings. The van der Waals surface area contributed by atoms with E-state index in [1.54, 1.807) is 0 Å². The molecule has 2 heterocycles. The maximum absolute atomic E-state index is 3.18. The number of rotatable bonds is 2. The third kappa shape index (κ3) is 2.59. The largest absolute Gasteiger partial charge is 0.387 e. The van der Waals surface area contributed by atoms with E-state index >= 15 is 0 Å². The van der Waals surface area contributed by atoms with Crippen molar-refractivity contribution in [1.29, 1.82) is 0 Å². The van der Waals surface area contributed by atoms with Crippen LogP contribution in [0.2, 0.25) is 0 Å². The van der Waals surface area contributed by atoms with Crippen molar-refractivity contribution in [2.75, 3.05) is 26.2 Å². The monoisotopic (exact) mass is 178 g/mol. The molecule has 1 N–H and O–H groups in total. The SMILES string of the molecule is C1=CC(CN2CCCCC2)=CCN1. The molecule has 0 unspecified atom stereocenters. The fourth-order valence-corrected chi connectivity index (χ4v) is 1.99. The zero-order valence-corrected chi connectivity index (χ0v) is 8.13. The summed E-state index contributed by atoms with van der Waals surface area (Å²) >= 11 is 0. The predicted octanol–water partition coefficient (Wildman–Crippen LogP) is 1.52. The van der Waals surface area contributed by atoms with Gasteiger partial charge in [-0.2, -0.15) is 0 Å². The van der Waals surface area contributed by atoms with Crippen molar-refractivity contribution >= 4 is 0 Å². The molecular weight excluding hydrogens is 160 g/mol. The fourth-order valence-electron chi connectivity index (χ4n) is 1.99. The first kappa shape index (κ1) is 8.82. The van der Waals surface area contributed by atoms with E-state index in [4.69, 9.17) is 0 Å². The van der Waals surface area contributed by atoms with E-state index in [2.05, 4.69) is 28.6 Å². The molecule has 72 valence electrons. The van der Waals surface area contributed by atoms with Gasteiger partial charge in [-0.1, -0.05) is 12.5 Å². The molecule has 0 radical (unpaired) electrons. The molecule has 2 heteroatoms. The molecule has 2 nitrogen and oxygen atoms in total. The van der Waals surface area contributed by atoms with Crippen LogP contribution in [0.4, 0.5) is 0 Å². The normalized spacial score (nSPS) is 23.8. The summed E-state index contributed by atoms with van der Waals surface area (Å²) in [4.78, 5) is 2.56. The molecule has 0 atom stereocenters. The molecule has 1 fully saturated rings. The Morgan fingerprint density at radius 2 is 2.08 bits per heavy atom. The van der Waals surface area contributed by atoms with Gasteiger partial charge < -0.3 is 5.32 Å². The fraction of sp³-hybridized carbons (Fsp3) is 0.636. The van der Waals surface area contributed by atoms with Gasteiger partial charge in [-0.3, -0.25) is 4.90 Å². The number of hydrogen-bond acceptors (Lipinski definition) is 2. The zero-order valence-electron chi connectivity index (χ0n) is 8.13. The summed E-state index contributed by atoms with van der Waals surface area (Å²) < 4.78 is 0. The lowest BCUT2D eigenvalue weighted by molar-refractivity contribution is 0.248. The number of nitrogens with zero attached hydrogens (tertiary/aromatic N) is 1. The van der Waals surface area contributed by atoms with Crippen LogP contribution in [0.3, 0.4) is 0 Å². The van der Waals surface area contributed by atoms with Crippen molar-refractivity contribution in [3.05, 3.63) is 23.9 Å². The number of dihydropyridines is 1. The first-order chi connectivity index (χ1) is 6.45. The highest BCUT2D eigenvalue weighted by Gasteiger charge is 2.10. The Balaban J connectivity index is 1.82. The molecule has 0 spiro atoms. The topological polar surface area (TPSA) is 15.3 Å². The van der Waals surface area contributed by atoms with Crippen molar-refractivity contribution in [2.24, 2.45) is 0 Å². The average molecular weight is 178 g/mol. The van der Waals surface area contributed by atoms with E-state index in [0.717, 1.165) is 13.1 Å². The van der Waals surface area contributed by atoms with Crippen LogP contribution in [0, 0.1) is 0 Å². The summed E-state index contributed by atoms with van der Waals surface area (Å²) in [6.07, 6.45) is 10.7. The molecule has 0 amide bonds. The Labute approximate surface area is 80.3 Å². The number of likely N-dealkylation sites (tertiary alicyclic amines) is 1. The number of hydrogen-bond donors (Lipinski definition) is 1. The Morgan fingerprint density at radius 1 is 1.23 bits per heavy atom. The first-order valence-corrected chi connectivity index (χ1v) is 5.26. The van der Waals surface area contributed by atoms with Crippen LogP contribution in [-0.2, 0) is 0 Å². The molecule has 2 rings (SSSR count). The van der Waals surface area contributed by atoms with Gasteiger partial charge >= 0.3 is 0 Å². The van der Waals surface area contributed by atoms with Crippen LogP contribution >= 0.6 is 0 Å². The van der Waals surface area contributed by atoms with Crippen molar-refractivity contribution in [3.8, 4) is 0 Å². The smallest absolute Gasteiger partial charge is 0.0331 e. The molecular formula is C11H18N2. The summed E-state index contributed by atoms with van der Waals surface area (Å²) in [5.74, 6) is 0. The summed E-state index contributed by atoms with van der Waals surface area (Å²) in [6, 6.07) is 0. The van der Waals surface area contributed by atoms with E-state index < -0.39 is 0 Å². The Hall–Kier alpha value is -0.760. The lowest BCUT2D eigenvalue weighted by Crippen LogP contribution is -2.31. The molecule has 13 heavy (non-hydrogen) atoms. The quantitative estimate of drug-likeness (QED) is 0.689. The minimum atomic E-state index is 1.000. The highest BCUT2D eigenvalue weighted by molar-refractivity contribution is 5.23. The van der Waals surface area contributed by atoms with Crippen LogP contribution in [0.15, 0.2) is 23.9 Å². The van der Waals surface area contributed by atoms with Gasteiger partial charge in [0, 0.05) is 13.1 Å². The lowest BCUT2D eigenvalue weighted by atomic mass is 10.1. The molecule has 0 aliphatic carbocycles. The minimum Gasteiger partial charge on any atom is -0.387 e. The van der Waals surface area contributed by atoms with Crippen LogP contribution in [0.25, 0.3) is 0 Å². The Kier molecular flexibility index (Phi) is 3.03. The van der Waals surface area contributed by atoms with E-state index in [-0.39, 0.29) is 0 Å². The third-order valence-corrected chi connectivity index (χ3v) is 2.75. The highest BCUT2D eigenvalue weighted by atomic mass is 15.1. The van der Waals surface area contributed by atoms with Crippen molar-refractivity contribution in [1.82, 2.24) is 10.2 Å². The van der Waals surface area contributed by atoms with Gasteiger partial charge in [0.2, 0.25) is 0 Å². The summed E-state index contributed by atoms with van der Waals surface area (Å²) in [5, 5.41) is 3.18. The van der Waals surface area contributed by atoms with Gasteiger partial charge in [-0.15, -0.1) is 0 Å². The molecule has 0 aromatic rings. The number of piperidine rings is 1. The Morgan fingerprint density at radius 3 is 2.77 bits per heavy atom. The van der Waals surface area contributed by atoms with E-state index in [0.29, 0.717) is 0 Å². The molecule has 0 aromatic heterocycles. The van der Waals surface area contributed by atoms with Crippen LogP contribution in [-0.4, -0.2) is 31.1 Å². The molecule has 1 saturated heterocycles. The van der Waals surface area contributed by atoms with Crippen molar-refractivity contribution in [2.45, 2.75) is 19.3 Å². The summed E-state index contributed by atoms with van der Waals surface area (Å²) in [7, 11) is 0. The second-order valence-corrected chi connectivity index (χ2v) is 3.86. The second kappa shape index (κ2) is 4.47. The molecule has 0 aromatic carbocycles. The van der Waals surface area contributed by atoms with Gasteiger partial charge in [0.15, 0.2) is 0 Å². The summed E-state index contributed by atoms with van der Waals surface area (Å²) in [5.41, 5.74) is 1.47. The lowest BCUT2D eigenvalue weighted by Gasteiger charge is -2.27. The number of nitrogens with one attached hydrogen (secondary N) is 1. The van der Waals surface area contributed by atoms with Crippen LogP contribution in [0.1, 0.15) is 19.3 Å². The average Bonchev–Trinajstić information content (AvgIpc) is 2.21. The zero-order chi connectivity index (χ0) is 8.93. The Bertz CT molecular complexity index is 212. The third-order valence-electron chi connectivity index (χ3n) is 2.75. The van der Waals surface area contributed by atoms with Crippen LogP contribution < -0.4 is 5.32 Å². The van der Waals surface area contributed by atoms with E-state index in [1.165, 1.54) is 37.9 Å². The van der Waals surface area contributed by atoms with Crippen LogP contribution in [0.5, 0.6) is 0 Å². The molecule has 2 aliphatic heterocycles.